The maximum atomic E-state index is 13.5. The fourth-order valence-corrected chi connectivity index (χ4v) is 5.25. The summed E-state index contributed by atoms with van der Waals surface area (Å²) in [5.74, 6) is -0.179. The smallest absolute Gasteiger partial charge is 0.197 e. The van der Waals surface area contributed by atoms with Gasteiger partial charge in [0.25, 0.3) is 0 Å². The Hall–Kier alpha value is -5.10. The zero-order valence-electron chi connectivity index (χ0n) is 20.4. The molecular formula is C32H20FN3O2. The third-order valence-corrected chi connectivity index (χ3v) is 7.15. The zero-order chi connectivity index (χ0) is 26.0. The molecule has 182 valence electrons. The monoisotopic (exact) mass is 497 g/mol. The first-order valence-electron chi connectivity index (χ1n) is 12.2. The standard InChI is InChI=1S/C32H20FN3O2/c1-35-28-18-24(17-27-29(37)25-15-20-7-5-6-8-21(20)16-26(25)30(27)38)36(23-9-3-2-4-10-23)32(28)34-31(35)19-11-13-22(33)14-12-19/h2-18H,1H3. The second-order valence-electron chi connectivity index (χ2n) is 9.41. The Bertz CT molecular complexity index is 1910. The molecule has 1 aliphatic carbocycles. The van der Waals surface area contributed by atoms with Gasteiger partial charge < -0.3 is 4.57 Å². The van der Waals surface area contributed by atoms with Gasteiger partial charge in [-0.15, -0.1) is 0 Å². The van der Waals surface area contributed by atoms with E-state index in [-0.39, 0.29) is 23.0 Å². The van der Waals surface area contributed by atoms with Gasteiger partial charge in [0.2, 0.25) is 0 Å². The van der Waals surface area contributed by atoms with Gasteiger partial charge in [-0.2, -0.15) is 0 Å². The molecule has 0 atom stereocenters. The molecule has 5 nitrogen and oxygen atoms in total. The van der Waals surface area contributed by atoms with Crippen LogP contribution in [0.15, 0.2) is 103 Å². The van der Waals surface area contributed by atoms with E-state index in [1.54, 1.807) is 30.3 Å². The number of nitrogens with zero attached hydrogens (tertiary/aromatic N) is 3. The maximum Gasteiger partial charge on any atom is 0.197 e. The number of carbonyl (C=O) groups excluding carboxylic acids is 2. The van der Waals surface area contributed by atoms with Crippen LogP contribution in [-0.4, -0.2) is 25.7 Å². The number of hydrogen-bond donors (Lipinski definition) is 0. The molecule has 0 amide bonds. The summed E-state index contributed by atoms with van der Waals surface area (Å²) in [5.41, 5.74) is 4.79. The average Bonchev–Trinajstić information content (AvgIpc) is 3.53. The number of carbonyl (C=O) groups is 2. The van der Waals surface area contributed by atoms with Crippen LogP contribution in [0.25, 0.3) is 45.1 Å². The normalized spacial score (nSPS) is 13.1. The van der Waals surface area contributed by atoms with Gasteiger partial charge in [0, 0.05) is 29.4 Å². The molecule has 4 aromatic carbocycles. The molecule has 0 bridgehead atoms. The Balaban J connectivity index is 1.42. The number of allylic oxidation sites excluding steroid dienone is 1. The molecule has 0 N–H and O–H groups in total. The van der Waals surface area contributed by atoms with E-state index < -0.39 is 0 Å². The van der Waals surface area contributed by atoms with Crippen molar-refractivity contribution in [1.29, 1.82) is 0 Å². The van der Waals surface area contributed by atoms with Crippen molar-refractivity contribution in [1.82, 2.24) is 14.1 Å². The van der Waals surface area contributed by atoms with Crippen LogP contribution in [0.3, 0.4) is 0 Å². The number of hydrogen-bond acceptors (Lipinski definition) is 3. The lowest BCUT2D eigenvalue weighted by atomic mass is 10.0. The number of halogens is 1. The zero-order valence-corrected chi connectivity index (χ0v) is 20.4. The lowest BCUT2D eigenvalue weighted by Gasteiger charge is -2.08. The summed E-state index contributed by atoms with van der Waals surface area (Å²) in [6.07, 6.45) is 1.67. The van der Waals surface area contributed by atoms with Crippen LogP contribution in [0.1, 0.15) is 26.4 Å². The highest BCUT2D eigenvalue weighted by Crippen LogP contribution is 2.34. The van der Waals surface area contributed by atoms with Gasteiger partial charge in [-0.25, -0.2) is 9.37 Å². The number of ketones is 2. The van der Waals surface area contributed by atoms with Crippen LogP contribution in [0.2, 0.25) is 0 Å². The number of Topliss-reactive ketones (excluding diaryl/α,β-unsaturated/α-hetero) is 2. The Morgan fingerprint density at radius 3 is 2.00 bits per heavy atom. The van der Waals surface area contributed by atoms with Crippen LogP contribution in [0.5, 0.6) is 0 Å². The summed E-state index contributed by atoms with van der Waals surface area (Å²) in [7, 11) is 1.90. The van der Waals surface area contributed by atoms with Crippen LogP contribution in [-0.2, 0) is 7.05 Å². The van der Waals surface area contributed by atoms with Gasteiger partial charge >= 0.3 is 0 Å². The fraction of sp³-hybridized carbons (Fsp3) is 0.0312. The van der Waals surface area contributed by atoms with Crippen LogP contribution in [0.4, 0.5) is 4.39 Å². The summed E-state index contributed by atoms with van der Waals surface area (Å²) >= 11 is 0. The summed E-state index contributed by atoms with van der Waals surface area (Å²) in [6, 6.07) is 29.1. The fourth-order valence-electron chi connectivity index (χ4n) is 5.25. The van der Waals surface area contributed by atoms with Crippen molar-refractivity contribution < 1.29 is 14.0 Å². The molecule has 0 saturated heterocycles. The van der Waals surface area contributed by atoms with E-state index in [4.69, 9.17) is 4.98 Å². The third-order valence-electron chi connectivity index (χ3n) is 7.15. The number of benzene rings is 4. The predicted molar refractivity (Wildman–Crippen MR) is 146 cm³/mol. The molecule has 38 heavy (non-hydrogen) atoms. The molecule has 7 rings (SSSR count). The number of aryl methyl sites for hydroxylation is 1. The summed E-state index contributed by atoms with van der Waals surface area (Å²) in [5, 5.41) is 1.84. The van der Waals surface area contributed by atoms with Crippen molar-refractivity contribution in [3.63, 3.8) is 0 Å². The molecule has 0 aliphatic heterocycles. The molecule has 0 unspecified atom stereocenters. The lowest BCUT2D eigenvalue weighted by Crippen LogP contribution is -2.03. The van der Waals surface area contributed by atoms with Gasteiger partial charge in [0.15, 0.2) is 17.2 Å². The molecule has 0 radical (unpaired) electrons. The van der Waals surface area contributed by atoms with Crippen molar-refractivity contribution in [2.75, 3.05) is 0 Å². The quantitative estimate of drug-likeness (QED) is 0.200. The topological polar surface area (TPSA) is 56.9 Å². The molecular weight excluding hydrogens is 477 g/mol. The number of aromatic nitrogens is 3. The predicted octanol–water partition coefficient (Wildman–Crippen LogP) is 6.79. The minimum absolute atomic E-state index is 0.133. The first-order chi connectivity index (χ1) is 18.5. The first-order valence-corrected chi connectivity index (χ1v) is 12.2. The molecule has 0 spiro atoms. The second-order valence-corrected chi connectivity index (χ2v) is 9.41. The van der Waals surface area contributed by atoms with Crippen LogP contribution >= 0.6 is 0 Å². The van der Waals surface area contributed by atoms with Gasteiger partial charge in [-0.05, 0) is 71.4 Å². The molecule has 1 aliphatic rings. The number of para-hydroxylation sites is 1. The van der Waals surface area contributed by atoms with Crippen molar-refractivity contribution in [2.45, 2.75) is 0 Å². The number of imidazole rings is 1. The van der Waals surface area contributed by atoms with E-state index in [1.807, 2.05) is 76.8 Å². The largest absolute Gasteiger partial charge is 0.326 e. The van der Waals surface area contributed by atoms with Crippen LogP contribution in [0, 0.1) is 5.82 Å². The van der Waals surface area contributed by atoms with E-state index >= 15 is 0 Å². The SMILES string of the molecule is Cn1c(-c2ccc(F)cc2)nc2c1cc(C=C1C(=O)c3cc4ccccc4cc3C1=O)n2-c1ccccc1. The van der Waals surface area contributed by atoms with Gasteiger partial charge in [0.1, 0.15) is 11.6 Å². The summed E-state index contributed by atoms with van der Waals surface area (Å²) < 4.78 is 17.4. The average molecular weight is 498 g/mol. The Morgan fingerprint density at radius 2 is 1.37 bits per heavy atom. The van der Waals surface area contributed by atoms with E-state index in [2.05, 4.69) is 0 Å². The van der Waals surface area contributed by atoms with E-state index in [1.165, 1.54) is 12.1 Å². The van der Waals surface area contributed by atoms with Gasteiger partial charge in [-0.1, -0.05) is 42.5 Å². The van der Waals surface area contributed by atoms with E-state index in [0.717, 1.165) is 27.5 Å². The van der Waals surface area contributed by atoms with E-state index in [9.17, 15) is 14.0 Å². The molecule has 6 heteroatoms. The minimum Gasteiger partial charge on any atom is -0.326 e. The van der Waals surface area contributed by atoms with Crippen molar-refractivity contribution >= 4 is 39.6 Å². The lowest BCUT2D eigenvalue weighted by molar-refractivity contribution is 0.0990. The highest BCUT2D eigenvalue weighted by atomic mass is 19.1. The minimum atomic E-state index is -0.310. The van der Waals surface area contributed by atoms with Crippen LogP contribution < -0.4 is 0 Å². The first kappa shape index (κ1) is 22.1. The van der Waals surface area contributed by atoms with E-state index in [0.29, 0.717) is 28.3 Å². The Kier molecular flexibility index (Phi) is 4.78. The maximum absolute atomic E-state index is 13.5. The molecule has 0 saturated carbocycles. The summed E-state index contributed by atoms with van der Waals surface area (Å²) in [4.78, 5) is 31.8. The Labute approximate surface area is 217 Å². The number of rotatable bonds is 3. The van der Waals surface area contributed by atoms with Crippen molar-refractivity contribution in [3.05, 3.63) is 125 Å². The molecule has 6 aromatic rings. The molecule has 0 fully saturated rings. The summed E-state index contributed by atoms with van der Waals surface area (Å²) in [6.45, 7) is 0. The van der Waals surface area contributed by atoms with Gasteiger partial charge in [-0.3, -0.25) is 14.2 Å². The third kappa shape index (κ3) is 3.27. The molecule has 2 aromatic heterocycles. The molecule has 2 heterocycles. The number of fused-ring (bicyclic) bond motifs is 3. The highest BCUT2D eigenvalue weighted by Gasteiger charge is 2.34. The van der Waals surface area contributed by atoms with Crippen molar-refractivity contribution in [3.8, 4) is 17.1 Å². The van der Waals surface area contributed by atoms with Crippen molar-refractivity contribution in [2.24, 2.45) is 7.05 Å². The van der Waals surface area contributed by atoms with Gasteiger partial charge in [0.05, 0.1) is 16.8 Å². The second kappa shape index (κ2) is 8.21. The Morgan fingerprint density at radius 1 is 0.763 bits per heavy atom. The highest BCUT2D eigenvalue weighted by molar-refractivity contribution is 6.42.